The molecule has 2 aromatic rings. The van der Waals surface area contributed by atoms with Crippen LogP contribution < -0.4 is 5.32 Å². The molecule has 27 heavy (non-hydrogen) atoms. The van der Waals surface area contributed by atoms with E-state index in [2.05, 4.69) is 10.3 Å². The zero-order valence-corrected chi connectivity index (χ0v) is 15.9. The molecule has 1 aliphatic carbocycles. The standard InChI is InChI=1S/C21H21N3O2S/c1-14-7-5-6-10-17(14)23-19(25)13-18-20(26)24(16-11-12-16)21(27-18)22-15-8-3-2-4-9-15/h2-10,16,18H,11-13H2,1H3,(H,23,25)/t18-/m1/s1. The maximum Gasteiger partial charge on any atom is 0.242 e. The normalized spacial score (nSPS) is 20.9. The van der Waals surface area contributed by atoms with Crippen molar-refractivity contribution in [2.45, 2.75) is 37.5 Å². The van der Waals surface area contributed by atoms with Crippen molar-refractivity contribution in [3.05, 3.63) is 60.2 Å². The molecule has 2 aromatic carbocycles. The first-order valence-electron chi connectivity index (χ1n) is 9.11. The van der Waals surface area contributed by atoms with Crippen LogP contribution in [-0.4, -0.2) is 33.2 Å². The van der Waals surface area contributed by atoms with Crippen LogP contribution in [0.25, 0.3) is 0 Å². The molecule has 2 amide bonds. The molecule has 1 saturated carbocycles. The van der Waals surface area contributed by atoms with Crippen molar-refractivity contribution in [1.29, 1.82) is 0 Å². The number of thioether (sulfide) groups is 1. The molecule has 0 radical (unpaired) electrons. The van der Waals surface area contributed by atoms with Crippen molar-refractivity contribution in [1.82, 2.24) is 4.90 Å². The van der Waals surface area contributed by atoms with Crippen LogP contribution in [-0.2, 0) is 9.59 Å². The van der Waals surface area contributed by atoms with Crippen molar-refractivity contribution in [2.24, 2.45) is 4.99 Å². The van der Waals surface area contributed by atoms with E-state index >= 15 is 0 Å². The fraction of sp³-hybridized carbons (Fsp3) is 0.286. The molecule has 0 spiro atoms. The predicted octanol–water partition coefficient (Wildman–Crippen LogP) is 4.12. The summed E-state index contributed by atoms with van der Waals surface area (Å²) in [6, 6.07) is 17.5. The van der Waals surface area contributed by atoms with Gasteiger partial charge in [-0.3, -0.25) is 14.5 Å². The lowest BCUT2D eigenvalue weighted by atomic mass is 10.2. The second kappa shape index (κ2) is 7.56. The molecule has 1 N–H and O–H groups in total. The first-order valence-corrected chi connectivity index (χ1v) is 9.99. The summed E-state index contributed by atoms with van der Waals surface area (Å²) >= 11 is 1.40. The Morgan fingerprint density at radius 2 is 1.85 bits per heavy atom. The van der Waals surface area contributed by atoms with E-state index < -0.39 is 5.25 Å². The minimum atomic E-state index is -0.419. The van der Waals surface area contributed by atoms with Crippen LogP contribution in [0.1, 0.15) is 24.8 Å². The Kier molecular flexibility index (Phi) is 4.99. The summed E-state index contributed by atoms with van der Waals surface area (Å²) in [6.07, 6.45) is 2.15. The van der Waals surface area contributed by atoms with Crippen LogP contribution in [0, 0.1) is 6.92 Å². The van der Waals surface area contributed by atoms with E-state index in [-0.39, 0.29) is 24.3 Å². The van der Waals surface area contributed by atoms with Gasteiger partial charge in [0.15, 0.2) is 5.17 Å². The zero-order chi connectivity index (χ0) is 18.8. The van der Waals surface area contributed by atoms with E-state index in [1.54, 1.807) is 4.90 Å². The first-order chi connectivity index (χ1) is 13.1. The smallest absolute Gasteiger partial charge is 0.242 e. The van der Waals surface area contributed by atoms with Crippen LogP contribution in [0.2, 0.25) is 0 Å². The average Bonchev–Trinajstić information content (AvgIpc) is 3.44. The SMILES string of the molecule is Cc1ccccc1NC(=O)C[C@H]1SC(=Nc2ccccc2)N(C2CC2)C1=O. The number of nitrogens with one attached hydrogen (secondary N) is 1. The van der Waals surface area contributed by atoms with Crippen LogP contribution in [0.3, 0.4) is 0 Å². The molecule has 1 saturated heterocycles. The molecule has 0 bridgehead atoms. The van der Waals surface area contributed by atoms with Crippen LogP contribution in [0.15, 0.2) is 59.6 Å². The van der Waals surface area contributed by atoms with Gasteiger partial charge in [-0.05, 0) is 43.5 Å². The highest BCUT2D eigenvalue weighted by atomic mass is 32.2. The minimum absolute atomic E-state index is 0.00267. The highest BCUT2D eigenvalue weighted by Gasteiger charge is 2.46. The van der Waals surface area contributed by atoms with Gasteiger partial charge >= 0.3 is 0 Å². The Balaban J connectivity index is 1.49. The lowest BCUT2D eigenvalue weighted by Crippen LogP contribution is -2.35. The fourth-order valence-electron chi connectivity index (χ4n) is 3.06. The topological polar surface area (TPSA) is 61.8 Å². The quantitative estimate of drug-likeness (QED) is 0.850. The number of carbonyl (C=O) groups is 2. The second-order valence-corrected chi connectivity index (χ2v) is 8.01. The molecule has 2 aliphatic rings. The molecule has 5 nitrogen and oxygen atoms in total. The van der Waals surface area contributed by atoms with Gasteiger partial charge in [0.1, 0.15) is 5.25 Å². The highest BCUT2D eigenvalue weighted by molar-refractivity contribution is 8.15. The number of carbonyl (C=O) groups excluding carboxylic acids is 2. The third kappa shape index (κ3) is 4.06. The van der Waals surface area contributed by atoms with Gasteiger partial charge in [0.05, 0.1) is 5.69 Å². The number of nitrogens with zero attached hydrogens (tertiary/aromatic N) is 2. The van der Waals surface area contributed by atoms with Crippen LogP contribution in [0.5, 0.6) is 0 Å². The van der Waals surface area contributed by atoms with Crippen molar-refractivity contribution >= 4 is 40.1 Å². The van der Waals surface area contributed by atoms with Crippen molar-refractivity contribution < 1.29 is 9.59 Å². The van der Waals surface area contributed by atoms with E-state index in [0.717, 1.165) is 29.8 Å². The predicted molar refractivity (Wildman–Crippen MR) is 109 cm³/mol. The van der Waals surface area contributed by atoms with Gasteiger partial charge in [-0.2, -0.15) is 0 Å². The lowest BCUT2D eigenvalue weighted by molar-refractivity contribution is -0.128. The largest absolute Gasteiger partial charge is 0.326 e. The Morgan fingerprint density at radius 1 is 1.15 bits per heavy atom. The number of hydrogen-bond acceptors (Lipinski definition) is 4. The summed E-state index contributed by atoms with van der Waals surface area (Å²) in [5, 5.41) is 3.21. The number of hydrogen-bond donors (Lipinski definition) is 1. The monoisotopic (exact) mass is 379 g/mol. The third-order valence-electron chi connectivity index (χ3n) is 4.65. The number of anilines is 1. The molecule has 6 heteroatoms. The molecule has 0 unspecified atom stereocenters. The van der Waals surface area contributed by atoms with Crippen molar-refractivity contribution in [3.8, 4) is 0 Å². The van der Waals surface area contributed by atoms with Gasteiger partial charge in [0.25, 0.3) is 0 Å². The number of aliphatic imine (C=N–C) groups is 1. The summed E-state index contributed by atoms with van der Waals surface area (Å²) < 4.78 is 0. The van der Waals surface area contributed by atoms with Crippen molar-refractivity contribution in [2.75, 3.05) is 5.32 Å². The molecular formula is C21H21N3O2S. The van der Waals surface area contributed by atoms with Gasteiger partial charge in [0, 0.05) is 18.2 Å². The molecule has 1 atom stereocenters. The highest BCUT2D eigenvalue weighted by Crippen LogP contribution is 2.39. The maximum atomic E-state index is 12.9. The number of rotatable bonds is 5. The molecule has 4 rings (SSSR count). The van der Waals surface area contributed by atoms with Gasteiger partial charge in [-0.25, -0.2) is 4.99 Å². The Hall–Kier alpha value is -2.60. The number of benzene rings is 2. The van der Waals surface area contributed by atoms with Gasteiger partial charge in [-0.1, -0.05) is 48.2 Å². The van der Waals surface area contributed by atoms with Crippen LogP contribution in [0.4, 0.5) is 11.4 Å². The Morgan fingerprint density at radius 3 is 2.56 bits per heavy atom. The first kappa shape index (κ1) is 17.8. The van der Waals surface area contributed by atoms with Crippen LogP contribution >= 0.6 is 11.8 Å². The Bertz CT molecular complexity index is 893. The van der Waals surface area contributed by atoms with Crippen molar-refractivity contribution in [3.63, 3.8) is 0 Å². The average molecular weight is 379 g/mol. The summed E-state index contributed by atoms with van der Waals surface area (Å²) in [5.74, 6) is -0.149. The van der Waals surface area contributed by atoms with E-state index in [1.165, 1.54) is 11.8 Å². The molecule has 138 valence electrons. The molecule has 0 aromatic heterocycles. The van der Waals surface area contributed by atoms with Gasteiger partial charge in [0.2, 0.25) is 11.8 Å². The third-order valence-corrected chi connectivity index (χ3v) is 5.80. The van der Waals surface area contributed by atoms with Gasteiger partial charge < -0.3 is 5.32 Å². The second-order valence-electron chi connectivity index (χ2n) is 6.84. The maximum absolute atomic E-state index is 12.9. The molecule has 1 aliphatic heterocycles. The Labute approximate surface area is 162 Å². The summed E-state index contributed by atoms with van der Waals surface area (Å²) in [6.45, 7) is 1.95. The van der Waals surface area contributed by atoms with E-state index in [9.17, 15) is 9.59 Å². The van der Waals surface area contributed by atoms with E-state index in [4.69, 9.17) is 0 Å². The summed E-state index contributed by atoms with van der Waals surface area (Å²) in [7, 11) is 0. The molecule has 2 fully saturated rings. The zero-order valence-electron chi connectivity index (χ0n) is 15.1. The van der Waals surface area contributed by atoms with E-state index in [0.29, 0.717) is 5.17 Å². The number of amides is 2. The molecule has 1 heterocycles. The number of amidine groups is 1. The minimum Gasteiger partial charge on any atom is -0.326 e. The van der Waals surface area contributed by atoms with Gasteiger partial charge in [-0.15, -0.1) is 0 Å². The fourth-order valence-corrected chi connectivity index (χ4v) is 4.27. The summed E-state index contributed by atoms with van der Waals surface area (Å²) in [5.41, 5.74) is 2.61. The number of para-hydroxylation sites is 2. The number of aryl methyl sites for hydroxylation is 1. The lowest BCUT2D eigenvalue weighted by Gasteiger charge is -2.15. The molecular weight excluding hydrogens is 358 g/mol. The van der Waals surface area contributed by atoms with E-state index in [1.807, 2.05) is 61.5 Å². The summed E-state index contributed by atoms with van der Waals surface area (Å²) in [4.78, 5) is 31.8.